The van der Waals surface area contributed by atoms with E-state index in [2.05, 4.69) is 10.3 Å². The summed E-state index contributed by atoms with van der Waals surface area (Å²) in [5.74, 6) is 0. The van der Waals surface area contributed by atoms with Crippen LogP contribution in [0.2, 0.25) is 0 Å². The van der Waals surface area contributed by atoms with E-state index < -0.39 is 23.1 Å². The van der Waals surface area contributed by atoms with Gasteiger partial charge in [-0.2, -0.15) is 0 Å². The lowest BCUT2D eigenvalue weighted by Gasteiger charge is -2.34. The van der Waals surface area contributed by atoms with Crippen molar-refractivity contribution in [3.63, 3.8) is 0 Å². The molecule has 2 aliphatic heterocycles. The fourth-order valence-corrected chi connectivity index (χ4v) is 5.05. The number of fused-ring (bicyclic) bond motifs is 2. The van der Waals surface area contributed by atoms with Gasteiger partial charge in [0.25, 0.3) is 5.56 Å². The van der Waals surface area contributed by atoms with Crippen LogP contribution in [0.15, 0.2) is 76.4 Å². The standard InChI is InChI=1S/C27H31N3O5/c1-19-15-30(26(32)29-24(19)31)25-22-23(34-17-21-11-6-3-7-12-21)27(35-25,13-8-14-28-22)18-33-16-20-9-4-2-5-10-20/h2-7,9-12,15,22-23,25,28H,8,13-14,16-18H2,1H3,(H,29,31,32)/t22-,23+,25-,27-/m1/s1. The first-order valence-corrected chi connectivity index (χ1v) is 12.1. The maximum absolute atomic E-state index is 12.8. The van der Waals surface area contributed by atoms with Crippen molar-refractivity contribution in [2.75, 3.05) is 13.2 Å². The number of nitrogens with one attached hydrogen (secondary N) is 2. The Labute approximate surface area is 203 Å². The molecule has 0 saturated carbocycles. The second-order valence-corrected chi connectivity index (χ2v) is 9.33. The molecular weight excluding hydrogens is 446 g/mol. The van der Waals surface area contributed by atoms with E-state index in [1.54, 1.807) is 13.1 Å². The number of benzene rings is 2. The van der Waals surface area contributed by atoms with Crippen molar-refractivity contribution in [2.24, 2.45) is 0 Å². The Hall–Kier alpha value is -3.04. The van der Waals surface area contributed by atoms with Gasteiger partial charge in [0.2, 0.25) is 0 Å². The molecule has 2 bridgehead atoms. The highest BCUT2D eigenvalue weighted by molar-refractivity contribution is 5.16. The number of rotatable bonds is 8. The molecule has 2 aromatic carbocycles. The number of ether oxygens (including phenoxy) is 3. The Bertz CT molecular complexity index is 1240. The SMILES string of the molecule is Cc1cn([C@@H]2O[C@@]3(COCc4ccccc4)CCCN[C@@H]2[C@@H]3OCc2ccccc2)c(=O)[nH]c1=O. The smallest absolute Gasteiger partial charge is 0.330 e. The van der Waals surface area contributed by atoms with Crippen LogP contribution in [-0.2, 0) is 27.4 Å². The van der Waals surface area contributed by atoms with Crippen molar-refractivity contribution in [3.8, 4) is 0 Å². The number of aromatic amines is 1. The number of nitrogens with zero attached hydrogens (tertiary/aromatic N) is 1. The molecule has 2 saturated heterocycles. The molecule has 2 N–H and O–H groups in total. The van der Waals surface area contributed by atoms with Crippen LogP contribution < -0.4 is 16.6 Å². The van der Waals surface area contributed by atoms with Gasteiger partial charge in [0.15, 0.2) is 6.23 Å². The molecule has 35 heavy (non-hydrogen) atoms. The number of hydrogen-bond acceptors (Lipinski definition) is 6. The second-order valence-electron chi connectivity index (χ2n) is 9.33. The van der Waals surface area contributed by atoms with Crippen LogP contribution in [0.5, 0.6) is 0 Å². The van der Waals surface area contributed by atoms with Gasteiger partial charge in [0, 0.05) is 11.8 Å². The first-order chi connectivity index (χ1) is 17.1. The Morgan fingerprint density at radius 3 is 2.43 bits per heavy atom. The van der Waals surface area contributed by atoms with Crippen molar-refractivity contribution in [1.82, 2.24) is 14.9 Å². The highest BCUT2D eigenvalue weighted by Crippen LogP contribution is 2.43. The molecule has 2 fully saturated rings. The molecule has 8 heteroatoms. The van der Waals surface area contributed by atoms with Crippen LogP contribution in [0.1, 0.15) is 35.8 Å². The number of H-pyrrole nitrogens is 1. The molecule has 0 spiro atoms. The summed E-state index contributed by atoms with van der Waals surface area (Å²) in [6, 6.07) is 19.7. The van der Waals surface area contributed by atoms with Crippen LogP contribution in [-0.4, -0.2) is 40.4 Å². The van der Waals surface area contributed by atoms with Crippen LogP contribution in [0, 0.1) is 6.92 Å². The van der Waals surface area contributed by atoms with Crippen LogP contribution in [0.4, 0.5) is 0 Å². The third-order valence-corrected chi connectivity index (χ3v) is 6.81. The summed E-state index contributed by atoms with van der Waals surface area (Å²) in [4.78, 5) is 27.2. The summed E-state index contributed by atoms with van der Waals surface area (Å²) in [6.07, 6.45) is 2.18. The van der Waals surface area contributed by atoms with E-state index in [1.807, 2.05) is 60.7 Å². The minimum absolute atomic E-state index is 0.287. The summed E-state index contributed by atoms with van der Waals surface area (Å²) >= 11 is 0. The Morgan fingerprint density at radius 2 is 1.71 bits per heavy atom. The molecule has 4 atom stereocenters. The average molecular weight is 478 g/mol. The Morgan fingerprint density at radius 1 is 1.03 bits per heavy atom. The second kappa shape index (κ2) is 10.3. The van der Waals surface area contributed by atoms with E-state index in [1.165, 1.54) is 4.57 Å². The Kier molecular flexibility index (Phi) is 6.97. The number of aromatic nitrogens is 2. The van der Waals surface area contributed by atoms with Gasteiger partial charge < -0.3 is 19.5 Å². The molecule has 0 unspecified atom stereocenters. The van der Waals surface area contributed by atoms with Gasteiger partial charge in [-0.15, -0.1) is 0 Å². The summed E-state index contributed by atoms with van der Waals surface area (Å²) in [5.41, 5.74) is 0.951. The normalized spacial score (nSPS) is 25.9. The highest BCUT2D eigenvalue weighted by atomic mass is 16.6. The van der Waals surface area contributed by atoms with E-state index in [9.17, 15) is 9.59 Å². The monoisotopic (exact) mass is 477 g/mol. The van der Waals surface area contributed by atoms with Gasteiger partial charge in [-0.3, -0.25) is 14.3 Å². The molecule has 2 aliphatic rings. The maximum Gasteiger partial charge on any atom is 0.330 e. The number of hydrogen-bond donors (Lipinski definition) is 2. The minimum atomic E-state index is -0.744. The topological polar surface area (TPSA) is 94.6 Å². The molecule has 8 nitrogen and oxygen atoms in total. The molecule has 3 heterocycles. The predicted molar refractivity (Wildman–Crippen MR) is 131 cm³/mol. The molecule has 1 aromatic heterocycles. The fourth-order valence-electron chi connectivity index (χ4n) is 5.05. The summed E-state index contributed by atoms with van der Waals surface area (Å²) in [6.45, 7) is 3.65. The lowest BCUT2D eigenvalue weighted by Crippen LogP contribution is -2.50. The first-order valence-electron chi connectivity index (χ1n) is 12.1. The van der Waals surface area contributed by atoms with Crippen molar-refractivity contribution in [2.45, 2.75) is 57.0 Å². The minimum Gasteiger partial charge on any atom is -0.374 e. The van der Waals surface area contributed by atoms with Crippen LogP contribution in [0.3, 0.4) is 0 Å². The quantitative estimate of drug-likeness (QED) is 0.518. The van der Waals surface area contributed by atoms with Crippen molar-refractivity contribution in [3.05, 3.63) is 104 Å². The zero-order valence-electron chi connectivity index (χ0n) is 19.8. The largest absolute Gasteiger partial charge is 0.374 e. The third kappa shape index (κ3) is 5.01. The van der Waals surface area contributed by atoms with E-state index in [4.69, 9.17) is 14.2 Å². The summed E-state index contributed by atoms with van der Waals surface area (Å²) in [5, 5.41) is 3.54. The summed E-state index contributed by atoms with van der Waals surface area (Å²) in [7, 11) is 0. The Balaban J connectivity index is 1.45. The van der Waals surface area contributed by atoms with Crippen LogP contribution >= 0.6 is 0 Å². The predicted octanol–water partition coefficient (Wildman–Crippen LogP) is 2.67. The third-order valence-electron chi connectivity index (χ3n) is 6.81. The molecule has 0 aliphatic carbocycles. The lowest BCUT2D eigenvalue weighted by molar-refractivity contribution is -0.161. The van der Waals surface area contributed by atoms with Crippen molar-refractivity contribution < 1.29 is 14.2 Å². The highest BCUT2D eigenvalue weighted by Gasteiger charge is 2.57. The van der Waals surface area contributed by atoms with Crippen molar-refractivity contribution >= 4 is 0 Å². The van der Waals surface area contributed by atoms with Crippen molar-refractivity contribution in [1.29, 1.82) is 0 Å². The lowest BCUT2D eigenvalue weighted by atomic mass is 9.91. The molecule has 0 radical (unpaired) electrons. The van der Waals surface area contributed by atoms with Gasteiger partial charge in [-0.05, 0) is 37.4 Å². The van der Waals surface area contributed by atoms with Gasteiger partial charge in [-0.25, -0.2) is 4.79 Å². The molecule has 0 amide bonds. The number of aryl methyl sites for hydroxylation is 1. The molecule has 184 valence electrons. The van der Waals surface area contributed by atoms with Gasteiger partial charge >= 0.3 is 5.69 Å². The van der Waals surface area contributed by atoms with Gasteiger partial charge in [-0.1, -0.05) is 60.7 Å². The first kappa shape index (κ1) is 23.7. The van der Waals surface area contributed by atoms with Gasteiger partial charge in [0.1, 0.15) is 11.7 Å². The average Bonchev–Trinajstić information content (AvgIpc) is 3.04. The van der Waals surface area contributed by atoms with Crippen LogP contribution in [0.25, 0.3) is 0 Å². The summed E-state index contributed by atoms with van der Waals surface area (Å²) < 4.78 is 20.9. The molecule has 3 aromatic rings. The fraction of sp³-hybridized carbons (Fsp3) is 0.407. The van der Waals surface area contributed by atoms with Gasteiger partial charge in [0.05, 0.1) is 25.9 Å². The van der Waals surface area contributed by atoms with E-state index in [0.29, 0.717) is 25.4 Å². The van der Waals surface area contributed by atoms with E-state index in [-0.39, 0.29) is 12.1 Å². The molecular formula is C27H31N3O5. The maximum atomic E-state index is 12.8. The molecule has 5 rings (SSSR count). The van der Waals surface area contributed by atoms with E-state index >= 15 is 0 Å². The van der Waals surface area contributed by atoms with E-state index in [0.717, 1.165) is 30.5 Å². The zero-order valence-corrected chi connectivity index (χ0v) is 19.8. The zero-order chi connectivity index (χ0) is 24.3.